The minimum atomic E-state index is 0.505. The topological polar surface area (TPSA) is 26.0 Å². The van der Waals surface area contributed by atoms with Crippen molar-refractivity contribution < 1.29 is 0 Å². The summed E-state index contributed by atoms with van der Waals surface area (Å²) in [5.74, 6) is 0.505. The highest BCUT2D eigenvalue weighted by molar-refractivity contribution is 9.10. The normalized spacial score (nSPS) is 17.5. The van der Waals surface area contributed by atoms with Crippen molar-refractivity contribution >= 4 is 27.3 Å². The predicted octanol–water partition coefficient (Wildman–Crippen LogP) is 3.06. The number of nitrogens with two attached hydrogens (primary N) is 1. The van der Waals surface area contributed by atoms with Crippen molar-refractivity contribution in [2.24, 2.45) is 5.73 Å². The summed E-state index contributed by atoms with van der Waals surface area (Å²) in [6.07, 6.45) is 3.86. The summed E-state index contributed by atoms with van der Waals surface area (Å²) in [5, 5.41) is 0. The summed E-state index contributed by atoms with van der Waals surface area (Å²) >= 11 is 5.65. The van der Waals surface area contributed by atoms with Crippen LogP contribution in [-0.2, 0) is 12.8 Å². The molecular weight excluding hydrogens is 246 g/mol. The molecule has 0 radical (unpaired) electrons. The summed E-state index contributed by atoms with van der Waals surface area (Å²) in [5.41, 5.74) is 7.23. The highest BCUT2D eigenvalue weighted by Crippen LogP contribution is 2.41. The summed E-state index contributed by atoms with van der Waals surface area (Å²) in [6, 6.07) is 0. The zero-order chi connectivity index (χ0) is 9.42. The van der Waals surface area contributed by atoms with Gasteiger partial charge in [0.2, 0.25) is 0 Å². The molecule has 0 amide bonds. The molecule has 2 rings (SSSR count). The Hall–Kier alpha value is 0.140. The van der Waals surface area contributed by atoms with Gasteiger partial charge in [-0.1, -0.05) is 6.92 Å². The molecule has 0 saturated carbocycles. The van der Waals surface area contributed by atoms with Crippen LogP contribution in [0.15, 0.2) is 4.47 Å². The van der Waals surface area contributed by atoms with Crippen LogP contribution >= 0.6 is 27.3 Å². The summed E-state index contributed by atoms with van der Waals surface area (Å²) < 4.78 is 1.35. The van der Waals surface area contributed by atoms with Crippen molar-refractivity contribution in [1.82, 2.24) is 0 Å². The third kappa shape index (κ3) is 1.58. The molecule has 1 nitrogen and oxygen atoms in total. The molecule has 0 saturated heterocycles. The maximum absolute atomic E-state index is 5.68. The molecule has 0 spiro atoms. The summed E-state index contributed by atoms with van der Waals surface area (Å²) in [7, 11) is 0. The van der Waals surface area contributed by atoms with Crippen LogP contribution < -0.4 is 5.73 Å². The van der Waals surface area contributed by atoms with E-state index in [0.29, 0.717) is 5.92 Å². The smallest absolute Gasteiger partial charge is 0.0352 e. The molecule has 1 aliphatic carbocycles. The lowest BCUT2D eigenvalue weighted by atomic mass is 10.1. The Morgan fingerprint density at radius 2 is 2.31 bits per heavy atom. The first kappa shape index (κ1) is 9.69. The van der Waals surface area contributed by atoms with Crippen molar-refractivity contribution in [3.8, 4) is 0 Å². The molecule has 3 heteroatoms. The van der Waals surface area contributed by atoms with E-state index >= 15 is 0 Å². The van der Waals surface area contributed by atoms with Gasteiger partial charge in [-0.2, -0.15) is 0 Å². The Kier molecular flexibility index (Phi) is 2.77. The number of thiophene rings is 1. The maximum Gasteiger partial charge on any atom is 0.0352 e. The largest absolute Gasteiger partial charge is 0.330 e. The van der Waals surface area contributed by atoms with Crippen molar-refractivity contribution in [2.75, 3.05) is 6.54 Å². The van der Waals surface area contributed by atoms with Gasteiger partial charge in [0.1, 0.15) is 0 Å². The number of hydrogen-bond acceptors (Lipinski definition) is 2. The molecule has 1 unspecified atom stereocenters. The van der Waals surface area contributed by atoms with Crippen LogP contribution in [0.25, 0.3) is 0 Å². The SMILES string of the molecule is CC(CN)c1sc2c(c1Br)CCC2. The van der Waals surface area contributed by atoms with Crippen molar-refractivity contribution in [3.63, 3.8) is 0 Å². The van der Waals surface area contributed by atoms with Gasteiger partial charge in [-0.15, -0.1) is 11.3 Å². The lowest BCUT2D eigenvalue weighted by Crippen LogP contribution is -2.07. The second-order valence-corrected chi connectivity index (χ2v) is 5.60. The molecule has 2 N–H and O–H groups in total. The Balaban J connectivity index is 2.38. The molecule has 13 heavy (non-hydrogen) atoms. The van der Waals surface area contributed by atoms with Gasteiger partial charge in [0.05, 0.1) is 0 Å². The van der Waals surface area contributed by atoms with Crippen LogP contribution in [-0.4, -0.2) is 6.54 Å². The number of aryl methyl sites for hydroxylation is 1. The van der Waals surface area contributed by atoms with Gasteiger partial charge in [-0.25, -0.2) is 0 Å². The third-order valence-corrected chi connectivity index (χ3v) is 5.37. The summed E-state index contributed by atoms with van der Waals surface area (Å²) in [6.45, 7) is 2.95. The molecule has 1 aliphatic rings. The number of hydrogen-bond donors (Lipinski definition) is 1. The van der Waals surface area contributed by atoms with E-state index in [1.807, 2.05) is 11.3 Å². The van der Waals surface area contributed by atoms with E-state index in [0.717, 1.165) is 6.54 Å². The lowest BCUT2D eigenvalue weighted by Gasteiger charge is -2.06. The number of halogens is 1. The quantitative estimate of drug-likeness (QED) is 0.868. The fourth-order valence-corrected chi connectivity index (χ4v) is 4.36. The average Bonchev–Trinajstić information content (AvgIpc) is 2.68. The van der Waals surface area contributed by atoms with E-state index in [-0.39, 0.29) is 0 Å². The van der Waals surface area contributed by atoms with Crippen LogP contribution in [0.2, 0.25) is 0 Å². The van der Waals surface area contributed by atoms with Gasteiger partial charge in [-0.05, 0) is 47.3 Å². The molecule has 1 heterocycles. The fourth-order valence-electron chi connectivity index (χ4n) is 1.81. The third-order valence-electron chi connectivity index (χ3n) is 2.68. The minimum Gasteiger partial charge on any atom is -0.330 e. The second-order valence-electron chi connectivity index (χ2n) is 3.67. The monoisotopic (exact) mass is 259 g/mol. The Morgan fingerprint density at radius 3 is 2.92 bits per heavy atom. The maximum atomic E-state index is 5.68. The van der Waals surface area contributed by atoms with Gasteiger partial charge in [-0.3, -0.25) is 0 Å². The molecule has 0 fully saturated rings. The molecule has 72 valence electrons. The first-order chi connectivity index (χ1) is 6.24. The van der Waals surface area contributed by atoms with E-state index in [4.69, 9.17) is 5.73 Å². The van der Waals surface area contributed by atoms with Crippen molar-refractivity contribution in [3.05, 3.63) is 19.8 Å². The zero-order valence-corrected chi connectivity index (χ0v) is 10.2. The van der Waals surface area contributed by atoms with Crippen LogP contribution in [0.1, 0.15) is 34.6 Å². The Labute approximate surface area is 91.5 Å². The molecule has 1 aromatic rings. The number of rotatable bonds is 2. The Bertz CT molecular complexity index is 319. The standard InChI is InChI=1S/C10H14BrNS/c1-6(5-12)10-9(11)7-3-2-4-8(7)13-10/h6H,2-5,12H2,1H3. The van der Waals surface area contributed by atoms with Crippen LogP contribution in [0, 0.1) is 0 Å². The second kappa shape index (κ2) is 3.71. The van der Waals surface area contributed by atoms with Gasteiger partial charge >= 0.3 is 0 Å². The van der Waals surface area contributed by atoms with Gasteiger partial charge in [0.25, 0.3) is 0 Å². The zero-order valence-electron chi connectivity index (χ0n) is 7.77. The first-order valence-electron chi connectivity index (χ1n) is 4.74. The predicted molar refractivity (Wildman–Crippen MR) is 61.5 cm³/mol. The average molecular weight is 260 g/mol. The van der Waals surface area contributed by atoms with E-state index in [2.05, 4.69) is 22.9 Å². The molecule has 0 aliphatic heterocycles. The highest BCUT2D eigenvalue weighted by atomic mass is 79.9. The highest BCUT2D eigenvalue weighted by Gasteiger charge is 2.22. The van der Waals surface area contributed by atoms with E-state index in [9.17, 15) is 0 Å². The van der Waals surface area contributed by atoms with Crippen LogP contribution in [0.5, 0.6) is 0 Å². The lowest BCUT2D eigenvalue weighted by molar-refractivity contribution is 0.784. The molecule has 1 atom stereocenters. The van der Waals surface area contributed by atoms with E-state index in [1.54, 1.807) is 10.4 Å². The molecule has 0 bridgehead atoms. The molecule has 0 aromatic carbocycles. The molecule has 1 aromatic heterocycles. The number of fused-ring (bicyclic) bond motifs is 1. The van der Waals surface area contributed by atoms with Gasteiger partial charge in [0, 0.05) is 20.1 Å². The van der Waals surface area contributed by atoms with E-state index in [1.165, 1.54) is 28.6 Å². The van der Waals surface area contributed by atoms with Gasteiger partial charge < -0.3 is 5.73 Å². The minimum absolute atomic E-state index is 0.505. The Morgan fingerprint density at radius 1 is 1.54 bits per heavy atom. The van der Waals surface area contributed by atoms with E-state index < -0.39 is 0 Å². The molecular formula is C10H14BrNS. The van der Waals surface area contributed by atoms with Gasteiger partial charge in [0.15, 0.2) is 0 Å². The fraction of sp³-hybridized carbons (Fsp3) is 0.600. The van der Waals surface area contributed by atoms with Crippen LogP contribution in [0.4, 0.5) is 0 Å². The summed E-state index contributed by atoms with van der Waals surface area (Å²) in [4.78, 5) is 3.04. The van der Waals surface area contributed by atoms with Crippen LogP contribution in [0.3, 0.4) is 0 Å². The van der Waals surface area contributed by atoms with Crippen molar-refractivity contribution in [2.45, 2.75) is 32.1 Å². The first-order valence-corrected chi connectivity index (χ1v) is 6.35. The van der Waals surface area contributed by atoms with Crippen molar-refractivity contribution in [1.29, 1.82) is 0 Å².